The van der Waals surface area contributed by atoms with Crippen molar-refractivity contribution in [2.45, 2.75) is 83.2 Å². The van der Waals surface area contributed by atoms with Crippen molar-refractivity contribution in [1.29, 1.82) is 0 Å². The second kappa shape index (κ2) is 7.00. The molecule has 1 fully saturated rings. The van der Waals surface area contributed by atoms with Gasteiger partial charge in [0.05, 0.1) is 0 Å². The van der Waals surface area contributed by atoms with Crippen LogP contribution in [0.3, 0.4) is 0 Å². The Hall–Kier alpha value is -0.570. The van der Waals surface area contributed by atoms with Crippen molar-refractivity contribution in [2.24, 2.45) is 0 Å². The zero-order valence-corrected chi connectivity index (χ0v) is 11.3. The number of carboxylic acid groups (broad SMARTS) is 1. The minimum atomic E-state index is -0.683. The van der Waals surface area contributed by atoms with Crippen molar-refractivity contribution in [2.75, 3.05) is 0 Å². The summed E-state index contributed by atoms with van der Waals surface area (Å²) in [6.45, 7) is 4.10. The van der Waals surface area contributed by atoms with E-state index in [1.807, 2.05) is 6.92 Å². The molecule has 0 aliphatic heterocycles. The molecule has 0 bridgehead atoms. The molecule has 0 amide bonds. The van der Waals surface area contributed by atoms with Crippen molar-refractivity contribution in [1.82, 2.24) is 5.32 Å². The SMILES string of the molecule is CCCCC(CC)(NC1CCCCC1)C(=O)O. The van der Waals surface area contributed by atoms with Gasteiger partial charge in [0.1, 0.15) is 5.54 Å². The molecule has 0 aromatic heterocycles. The molecule has 2 N–H and O–H groups in total. The van der Waals surface area contributed by atoms with Crippen LogP contribution in [0, 0.1) is 0 Å². The summed E-state index contributed by atoms with van der Waals surface area (Å²) in [6, 6.07) is 0.414. The third-order valence-corrected chi connectivity index (χ3v) is 4.06. The molecule has 0 heterocycles. The summed E-state index contributed by atoms with van der Waals surface area (Å²) in [7, 11) is 0. The average molecular weight is 241 g/mol. The van der Waals surface area contributed by atoms with E-state index in [1.54, 1.807) is 0 Å². The maximum Gasteiger partial charge on any atom is 0.323 e. The second-order valence-electron chi connectivity index (χ2n) is 5.32. The van der Waals surface area contributed by atoms with Gasteiger partial charge >= 0.3 is 5.97 Å². The lowest BCUT2D eigenvalue weighted by atomic mass is 9.86. The van der Waals surface area contributed by atoms with Gasteiger partial charge in [-0.25, -0.2) is 0 Å². The van der Waals surface area contributed by atoms with Crippen LogP contribution in [-0.2, 0) is 4.79 Å². The quantitative estimate of drug-likeness (QED) is 0.718. The van der Waals surface area contributed by atoms with Crippen LogP contribution in [0.25, 0.3) is 0 Å². The van der Waals surface area contributed by atoms with Gasteiger partial charge in [0.25, 0.3) is 0 Å². The standard InChI is InChI=1S/C14H27NO2/c1-3-5-11-14(4-2,13(16)17)15-12-9-7-6-8-10-12/h12,15H,3-11H2,1-2H3,(H,16,17). The molecule has 3 heteroatoms. The van der Waals surface area contributed by atoms with Crippen LogP contribution in [0.1, 0.15) is 71.6 Å². The summed E-state index contributed by atoms with van der Waals surface area (Å²) in [4.78, 5) is 11.6. The molecule has 0 spiro atoms. The van der Waals surface area contributed by atoms with E-state index in [-0.39, 0.29) is 0 Å². The predicted molar refractivity (Wildman–Crippen MR) is 70.2 cm³/mol. The van der Waals surface area contributed by atoms with Gasteiger partial charge in [0, 0.05) is 6.04 Å². The Bertz CT molecular complexity index is 236. The van der Waals surface area contributed by atoms with Crippen LogP contribution >= 0.6 is 0 Å². The minimum absolute atomic E-state index is 0.414. The van der Waals surface area contributed by atoms with Gasteiger partial charge in [-0.1, -0.05) is 46.0 Å². The number of nitrogens with one attached hydrogen (secondary N) is 1. The summed E-state index contributed by atoms with van der Waals surface area (Å²) >= 11 is 0. The zero-order valence-electron chi connectivity index (χ0n) is 11.3. The molecule has 0 aromatic rings. The van der Waals surface area contributed by atoms with Crippen LogP contribution in [0.15, 0.2) is 0 Å². The van der Waals surface area contributed by atoms with E-state index >= 15 is 0 Å². The van der Waals surface area contributed by atoms with Crippen LogP contribution in [0.2, 0.25) is 0 Å². The van der Waals surface area contributed by atoms with E-state index in [0.717, 1.165) is 32.1 Å². The molecule has 1 aliphatic rings. The maximum atomic E-state index is 11.6. The Kier molecular flexibility index (Phi) is 5.96. The normalized spacial score (nSPS) is 21.1. The van der Waals surface area contributed by atoms with E-state index in [2.05, 4.69) is 12.2 Å². The summed E-state index contributed by atoms with van der Waals surface area (Å²) in [5.74, 6) is -0.668. The Balaban J connectivity index is 2.63. The Morgan fingerprint density at radius 1 is 1.29 bits per heavy atom. The molecule has 17 heavy (non-hydrogen) atoms. The first-order chi connectivity index (χ1) is 8.14. The van der Waals surface area contributed by atoms with Gasteiger partial charge in [-0.15, -0.1) is 0 Å². The van der Waals surface area contributed by atoms with Crippen molar-refractivity contribution < 1.29 is 9.90 Å². The number of hydrogen-bond acceptors (Lipinski definition) is 2. The van der Waals surface area contributed by atoms with Gasteiger partial charge in [-0.05, 0) is 25.7 Å². The lowest BCUT2D eigenvalue weighted by Gasteiger charge is -2.35. The summed E-state index contributed by atoms with van der Waals surface area (Å²) in [6.07, 6.45) is 9.54. The van der Waals surface area contributed by atoms with Crippen molar-refractivity contribution in [3.63, 3.8) is 0 Å². The molecule has 1 aliphatic carbocycles. The monoisotopic (exact) mass is 241 g/mol. The van der Waals surface area contributed by atoms with Gasteiger partial charge in [0.15, 0.2) is 0 Å². The molecular formula is C14H27NO2. The number of carboxylic acids is 1. The van der Waals surface area contributed by atoms with E-state index in [0.29, 0.717) is 12.5 Å². The van der Waals surface area contributed by atoms with Gasteiger partial charge in [0.2, 0.25) is 0 Å². The van der Waals surface area contributed by atoms with Gasteiger partial charge in [-0.2, -0.15) is 0 Å². The van der Waals surface area contributed by atoms with E-state index in [9.17, 15) is 9.90 Å². The fourth-order valence-corrected chi connectivity index (χ4v) is 2.79. The number of aliphatic carboxylic acids is 1. The minimum Gasteiger partial charge on any atom is -0.480 e. The fraction of sp³-hybridized carbons (Fsp3) is 0.929. The highest BCUT2D eigenvalue weighted by Gasteiger charge is 2.37. The molecule has 1 unspecified atom stereocenters. The summed E-state index contributed by atoms with van der Waals surface area (Å²) in [5, 5.41) is 13.0. The van der Waals surface area contributed by atoms with Crippen LogP contribution in [0.4, 0.5) is 0 Å². The largest absolute Gasteiger partial charge is 0.480 e. The Morgan fingerprint density at radius 2 is 1.94 bits per heavy atom. The topological polar surface area (TPSA) is 49.3 Å². The van der Waals surface area contributed by atoms with Crippen LogP contribution < -0.4 is 5.32 Å². The second-order valence-corrected chi connectivity index (χ2v) is 5.32. The third kappa shape index (κ3) is 3.98. The molecular weight excluding hydrogens is 214 g/mol. The van der Waals surface area contributed by atoms with E-state index < -0.39 is 11.5 Å². The van der Waals surface area contributed by atoms with Crippen molar-refractivity contribution in [3.8, 4) is 0 Å². The zero-order chi connectivity index (χ0) is 12.7. The van der Waals surface area contributed by atoms with Crippen molar-refractivity contribution >= 4 is 5.97 Å². The third-order valence-electron chi connectivity index (χ3n) is 4.06. The highest BCUT2D eigenvalue weighted by atomic mass is 16.4. The first-order valence-corrected chi connectivity index (χ1v) is 7.15. The van der Waals surface area contributed by atoms with Gasteiger partial charge in [-0.3, -0.25) is 10.1 Å². The highest BCUT2D eigenvalue weighted by Crippen LogP contribution is 2.25. The number of rotatable bonds is 7. The van der Waals surface area contributed by atoms with Gasteiger partial charge < -0.3 is 5.11 Å². The number of hydrogen-bond donors (Lipinski definition) is 2. The average Bonchev–Trinajstić information content (AvgIpc) is 2.35. The molecule has 1 atom stereocenters. The lowest BCUT2D eigenvalue weighted by Crippen LogP contribution is -2.56. The molecule has 0 radical (unpaired) electrons. The van der Waals surface area contributed by atoms with Crippen LogP contribution in [-0.4, -0.2) is 22.7 Å². The number of unbranched alkanes of at least 4 members (excludes halogenated alkanes) is 1. The number of carbonyl (C=O) groups is 1. The summed E-state index contributed by atoms with van der Waals surface area (Å²) < 4.78 is 0. The highest BCUT2D eigenvalue weighted by molar-refractivity contribution is 5.78. The first kappa shape index (κ1) is 14.5. The lowest BCUT2D eigenvalue weighted by molar-refractivity contribution is -0.146. The first-order valence-electron chi connectivity index (χ1n) is 7.15. The molecule has 3 nitrogen and oxygen atoms in total. The predicted octanol–water partition coefficient (Wildman–Crippen LogP) is 3.33. The van der Waals surface area contributed by atoms with Crippen LogP contribution in [0.5, 0.6) is 0 Å². The molecule has 0 saturated heterocycles. The maximum absolute atomic E-state index is 11.6. The van der Waals surface area contributed by atoms with E-state index in [1.165, 1.54) is 19.3 Å². The Morgan fingerprint density at radius 3 is 2.41 bits per heavy atom. The molecule has 100 valence electrons. The molecule has 0 aromatic carbocycles. The van der Waals surface area contributed by atoms with Crippen molar-refractivity contribution in [3.05, 3.63) is 0 Å². The smallest absolute Gasteiger partial charge is 0.323 e. The molecule has 1 rings (SSSR count). The van der Waals surface area contributed by atoms with E-state index in [4.69, 9.17) is 0 Å². The Labute approximate surface area is 105 Å². The molecule has 1 saturated carbocycles. The summed E-state index contributed by atoms with van der Waals surface area (Å²) in [5.41, 5.74) is -0.683. The fourth-order valence-electron chi connectivity index (χ4n) is 2.79.